The summed E-state index contributed by atoms with van der Waals surface area (Å²) in [7, 11) is 1.52. The number of rotatable bonds is 4. The predicted octanol–water partition coefficient (Wildman–Crippen LogP) is 2.94. The fraction of sp³-hybridized carbons (Fsp3) is 0.320. The van der Waals surface area contributed by atoms with Crippen LogP contribution in [0.1, 0.15) is 63.6 Å². The lowest BCUT2D eigenvalue weighted by Gasteiger charge is -2.22. The van der Waals surface area contributed by atoms with E-state index in [0.717, 1.165) is 18.4 Å². The van der Waals surface area contributed by atoms with Crippen LogP contribution in [0.2, 0.25) is 0 Å². The van der Waals surface area contributed by atoms with E-state index >= 15 is 0 Å². The summed E-state index contributed by atoms with van der Waals surface area (Å²) in [6.07, 6.45) is 7.23. The Kier molecular flexibility index (Phi) is 3.61. The van der Waals surface area contributed by atoms with Crippen molar-refractivity contribution in [1.82, 2.24) is 19.2 Å². The summed E-state index contributed by atoms with van der Waals surface area (Å²) in [5.74, 6) is -0.428. The number of carbonyl (C=O) groups is 4. The second-order valence-electron chi connectivity index (χ2n) is 9.65. The topological polar surface area (TPSA) is 95.3 Å². The minimum atomic E-state index is -0.816. The van der Waals surface area contributed by atoms with Crippen molar-refractivity contribution in [3.05, 3.63) is 65.1 Å². The maximum absolute atomic E-state index is 13.1. The molecule has 2 aliphatic heterocycles. The molecule has 9 heteroatoms. The Hall–Kier alpha value is -4.01. The van der Waals surface area contributed by atoms with Gasteiger partial charge in [0, 0.05) is 19.4 Å². The van der Waals surface area contributed by atoms with Gasteiger partial charge in [-0.3, -0.25) is 29.1 Å². The highest BCUT2D eigenvalue weighted by atomic mass is 16.2. The summed E-state index contributed by atoms with van der Waals surface area (Å²) in [4.78, 5) is 60.3. The predicted molar refractivity (Wildman–Crippen MR) is 120 cm³/mol. The van der Waals surface area contributed by atoms with E-state index < -0.39 is 5.54 Å². The van der Waals surface area contributed by atoms with Crippen LogP contribution in [-0.4, -0.2) is 55.5 Å². The highest BCUT2D eigenvalue weighted by molar-refractivity contribution is 6.21. The van der Waals surface area contributed by atoms with Crippen LogP contribution in [0, 0.1) is 0 Å². The average Bonchev–Trinajstić information content (AvgIpc) is 3.76. The van der Waals surface area contributed by atoms with Crippen LogP contribution < -0.4 is 4.90 Å². The molecule has 1 aromatic carbocycles. The Morgan fingerprint density at radius 2 is 1.68 bits per heavy atom. The zero-order valence-corrected chi connectivity index (χ0v) is 18.5. The number of nitrogens with zero attached hydrogens (tertiary/aromatic N) is 5. The van der Waals surface area contributed by atoms with Crippen molar-refractivity contribution in [3.63, 3.8) is 0 Å². The van der Waals surface area contributed by atoms with Gasteiger partial charge in [-0.1, -0.05) is 12.1 Å². The zero-order chi connectivity index (χ0) is 23.4. The minimum Gasteiger partial charge on any atom is -0.305 e. The van der Waals surface area contributed by atoms with Crippen LogP contribution in [0.4, 0.5) is 10.5 Å². The number of amides is 5. The Morgan fingerprint density at radius 1 is 1.00 bits per heavy atom. The van der Waals surface area contributed by atoms with Crippen molar-refractivity contribution in [2.45, 2.75) is 43.7 Å². The smallest absolute Gasteiger partial charge is 0.305 e. The summed E-state index contributed by atoms with van der Waals surface area (Å²) < 4.78 is 1.86. The van der Waals surface area contributed by atoms with Gasteiger partial charge in [-0.15, -0.1) is 0 Å². The first kappa shape index (κ1) is 19.5. The van der Waals surface area contributed by atoms with E-state index in [-0.39, 0.29) is 30.3 Å². The summed E-state index contributed by atoms with van der Waals surface area (Å²) in [5, 5.41) is 0. The molecule has 1 saturated heterocycles. The molecule has 3 fully saturated rings. The average molecular weight is 455 g/mol. The van der Waals surface area contributed by atoms with E-state index in [1.807, 2.05) is 16.7 Å². The number of aromatic nitrogens is 2. The van der Waals surface area contributed by atoms with Crippen molar-refractivity contribution in [1.29, 1.82) is 0 Å². The van der Waals surface area contributed by atoms with Gasteiger partial charge in [0.1, 0.15) is 5.54 Å². The van der Waals surface area contributed by atoms with Gasteiger partial charge in [0.25, 0.3) is 17.7 Å². The number of fused-ring (bicyclic) bond motifs is 2. The molecule has 3 aromatic rings. The molecule has 0 unspecified atom stereocenters. The Labute approximate surface area is 194 Å². The normalized spacial score (nSPS) is 20.9. The Balaban J connectivity index is 1.32. The number of hydrogen-bond donors (Lipinski definition) is 0. The van der Waals surface area contributed by atoms with Crippen LogP contribution in [0.3, 0.4) is 0 Å². The lowest BCUT2D eigenvalue weighted by molar-refractivity contribution is -0.127. The molecule has 2 aromatic heterocycles. The van der Waals surface area contributed by atoms with E-state index in [9.17, 15) is 19.2 Å². The SMILES string of the molecule is CN1C(=O)N(c2cc(C3CC3)cn3cc(CN4C(=O)c5ccccc5C4=O)nc23)C2(CC2)C1=O. The summed E-state index contributed by atoms with van der Waals surface area (Å²) >= 11 is 0. The van der Waals surface area contributed by atoms with Crippen LogP contribution in [-0.2, 0) is 11.3 Å². The molecule has 5 amide bonds. The quantitative estimate of drug-likeness (QED) is 0.445. The van der Waals surface area contributed by atoms with Crippen LogP contribution in [0.5, 0.6) is 0 Å². The Morgan fingerprint density at radius 3 is 2.29 bits per heavy atom. The third-order valence-corrected chi connectivity index (χ3v) is 7.42. The number of imide groups is 2. The largest absolute Gasteiger partial charge is 0.332 e. The van der Waals surface area contributed by atoms with Gasteiger partial charge in [-0.25, -0.2) is 9.78 Å². The molecule has 9 nitrogen and oxygen atoms in total. The van der Waals surface area contributed by atoms with Gasteiger partial charge in [0.2, 0.25) is 0 Å². The summed E-state index contributed by atoms with van der Waals surface area (Å²) in [6, 6.07) is 8.42. The molecule has 34 heavy (non-hydrogen) atoms. The molecule has 4 heterocycles. The second kappa shape index (κ2) is 6.31. The van der Waals surface area contributed by atoms with Crippen molar-refractivity contribution < 1.29 is 19.2 Å². The van der Waals surface area contributed by atoms with Gasteiger partial charge in [-0.05, 0) is 55.4 Å². The first-order valence-electron chi connectivity index (χ1n) is 11.5. The van der Waals surface area contributed by atoms with Gasteiger partial charge in [-0.2, -0.15) is 0 Å². The van der Waals surface area contributed by atoms with Crippen molar-refractivity contribution in [3.8, 4) is 0 Å². The van der Waals surface area contributed by atoms with E-state index in [1.54, 1.807) is 35.4 Å². The van der Waals surface area contributed by atoms with Gasteiger partial charge >= 0.3 is 6.03 Å². The molecule has 2 aliphatic carbocycles. The molecular weight excluding hydrogens is 434 g/mol. The molecule has 7 rings (SSSR count). The van der Waals surface area contributed by atoms with E-state index in [2.05, 4.69) is 0 Å². The van der Waals surface area contributed by atoms with Gasteiger partial charge in [0.15, 0.2) is 5.65 Å². The number of imidazole rings is 1. The number of benzene rings is 1. The highest BCUT2D eigenvalue weighted by Gasteiger charge is 2.65. The molecule has 0 bridgehead atoms. The molecular formula is C25H21N5O4. The lowest BCUT2D eigenvalue weighted by atomic mass is 10.1. The molecule has 0 radical (unpaired) electrons. The third-order valence-electron chi connectivity index (χ3n) is 7.42. The van der Waals surface area contributed by atoms with Crippen LogP contribution >= 0.6 is 0 Å². The monoisotopic (exact) mass is 455 g/mol. The molecule has 1 spiro atoms. The first-order valence-corrected chi connectivity index (χ1v) is 11.5. The highest BCUT2D eigenvalue weighted by Crippen LogP contribution is 2.51. The van der Waals surface area contributed by atoms with Crippen molar-refractivity contribution in [2.24, 2.45) is 0 Å². The molecule has 2 saturated carbocycles. The van der Waals surface area contributed by atoms with E-state index in [0.29, 0.717) is 46.9 Å². The van der Waals surface area contributed by atoms with Crippen LogP contribution in [0.15, 0.2) is 42.7 Å². The van der Waals surface area contributed by atoms with E-state index in [1.165, 1.54) is 16.8 Å². The number of pyridine rings is 1. The fourth-order valence-corrected chi connectivity index (χ4v) is 5.30. The zero-order valence-electron chi connectivity index (χ0n) is 18.5. The minimum absolute atomic E-state index is 0.0319. The number of hydrogen-bond acceptors (Lipinski definition) is 5. The molecule has 0 atom stereocenters. The summed E-state index contributed by atoms with van der Waals surface area (Å²) in [5.41, 5.74) is 2.76. The molecule has 4 aliphatic rings. The molecule has 0 N–H and O–H groups in total. The van der Waals surface area contributed by atoms with Crippen LogP contribution in [0.25, 0.3) is 5.65 Å². The van der Waals surface area contributed by atoms with Crippen molar-refractivity contribution >= 4 is 35.1 Å². The number of carbonyl (C=O) groups excluding carboxylic acids is 4. The fourth-order valence-electron chi connectivity index (χ4n) is 5.30. The third kappa shape index (κ3) is 2.46. The van der Waals surface area contributed by atoms with Gasteiger partial charge in [0.05, 0.1) is 29.1 Å². The molecule has 170 valence electrons. The maximum Gasteiger partial charge on any atom is 0.332 e. The standard InChI is InChI=1S/C25H21N5O4/c1-27-23(33)25(8-9-25)30(24(27)34)19-10-15(14-6-7-14)11-28-12-16(26-20(19)28)13-29-21(31)17-4-2-3-5-18(17)22(29)32/h2-5,10-12,14H,6-9,13H2,1H3. The first-order chi connectivity index (χ1) is 16.4. The number of urea groups is 1. The van der Waals surface area contributed by atoms with Gasteiger partial charge < -0.3 is 4.40 Å². The Bertz CT molecular complexity index is 1430. The van der Waals surface area contributed by atoms with E-state index in [4.69, 9.17) is 4.98 Å². The lowest BCUT2D eigenvalue weighted by Crippen LogP contribution is -2.37. The maximum atomic E-state index is 13.1. The number of anilines is 1. The number of likely N-dealkylation sites (N-methyl/N-ethyl adjacent to an activating group) is 1. The summed E-state index contributed by atoms with van der Waals surface area (Å²) in [6.45, 7) is 0.0319. The van der Waals surface area contributed by atoms with Crippen molar-refractivity contribution in [2.75, 3.05) is 11.9 Å². The second-order valence-corrected chi connectivity index (χ2v) is 9.65.